The molecule has 6 heteroatoms. The second-order valence-corrected chi connectivity index (χ2v) is 6.69. The van der Waals surface area contributed by atoms with Gasteiger partial charge in [-0.05, 0) is 38.1 Å². The number of piperidine rings is 1. The molecule has 0 unspecified atom stereocenters. The van der Waals surface area contributed by atoms with Gasteiger partial charge >= 0.3 is 0 Å². The van der Waals surface area contributed by atoms with Crippen molar-refractivity contribution in [2.24, 2.45) is 5.92 Å². The molecule has 1 fully saturated rings. The molecule has 1 aliphatic rings. The maximum Gasteiger partial charge on any atom is 0.229 e. The lowest BCUT2D eigenvalue weighted by molar-refractivity contribution is -0.121. The first kappa shape index (κ1) is 16.5. The molecule has 2 N–H and O–H groups in total. The zero-order valence-electron chi connectivity index (χ0n) is 13.2. The molecule has 0 bridgehead atoms. The van der Waals surface area contributed by atoms with Crippen LogP contribution in [-0.2, 0) is 4.79 Å². The Bertz CT molecular complexity index is 758. The van der Waals surface area contributed by atoms with E-state index in [-0.39, 0.29) is 17.6 Å². The number of hydrogen-bond acceptors (Lipinski definition) is 5. The minimum atomic E-state index is 0.00662. The number of amides is 1. The molecule has 1 amide bonds. The van der Waals surface area contributed by atoms with E-state index in [1.165, 1.54) is 11.3 Å². The van der Waals surface area contributed by atoms with E-state index < -0.39 is 0 Å². The number of terminal acetylenes is 1. The molecular formula is C18H19N3O2S. The number of carbonyl (C=O) groups is 1. The Labute approximate surface area is 145 Å². The lowest BCUT2D eigenvalue weighted by atomic mass is 9.96. The summed E-state index contributed by atoms with van der Waals surface area (Å²) in [4.78, 5) is 19.0. The van der Waals surface area contributed by atoms with Crippen molar-refractivity contribution in [3.63, 3.8) is 0 Å². The molecule has 0 atom stereocenters. The van der Waals surface area contributed by atoms with Gasteiger partial charge in [0.1, 0.15) is 5.75 Å². The summed E-state index contributed by atoms with van der Waals surface area (Å²) in [6.07, 6.45) is 6.96. The van der Waals surface area contributed by atoms with Crippen LogP contribution in [0.15, 0.2) is 29.6 Å². The van der Waals surface area contributed by atoms with Gasteiger partial charge in [-0.1, -0.05) is 18.1 Å². The number of anilines is 1. The Hall–Kier alpha value is -2.36. The summed E-state index contributed by atoms with van der Waals surface area (Å²) in [5, 5.41) is 14.9. The van der Waals surface area contributed by atoms with Crippen LogP contribution in [0.3, 0.4) is 0 Å². The van der Waals surface area contributed by atoms with E-state index in [4.69, 9.17) is 6.42 Å². The highest BCUT2D eigenvalue weighted by molar-refractivity contribution is 7.14. The zero-order chi connectivity index (χ0) is 16.9. The molecular weight excluding hydrogens is 322 g/mol. The van der Waals surface area contributed by atoms with Gasteiger partial charge in [0.25, 0.3) is 0 Å². The van der Waals surface area contributed by atoms with Crippen molar-refractivity contribution < 1.29 is 9.90 Å². The van der Waals surface area contributed by atoms with Gasteiger partial charge in [-0.15, -0.1) is 17.8 Å². The number of nitrogens with zero attached hydrogens (tertiary/aromatic N) is 2. The minimum Gasteiger partial charge on any atom is -0.508 e. The first-order chi connectivity index (χ1) is 11.7. The number of aromatic hydroxyl groups is 1. The van der Waals surface area contributed by atoms with Crippen molar-refractivity contribution in [2.75, 3.05) is 25.0 Å². The van der Waals surface area contributed by atoms with Crippen molar-refractivity contribution in [2.45, 2.75) is 12.8 Å². The minimum absolute atomic E-state index is 0.00662. The predicted molar refractivity (Wildman–Crippen MR) is 95.8 cm³/mol. The Kier molecular flexibility index (Phi) is 5.14. The third-order valence-electron chi connectivity index (χ3n) is 4.15. The first-order valence-corrected chi connectivity index (χ1v) is 8.75. The van der Waals surface area contributed by atoms with Crippen molar-refractivity contribution in [3.05, 3.63) is 29.6 Å². The number of phenols is 1. The van der Waals surface area contributed by atoms with Crippen molar-refractivity contribution in [3.8, 4) is 29.4 Å². The summed E-state index contributed by atoms with van der Waals surface area (Å²) in [7, 11) is 0. The fourth-order valence-corrected chi connectivity index (χ4v) is 3.54. The Morgan fingerprint density at radius 1 is 1.46 bits per heavy atom. The summed E-state index contributed by atoms with van der Waals surface area (Å²) < 4.78 is 0. The monoisotopic (exact) mass is 341 g/mol. The van der Waals surface area contributed by atoms with E-state index in [1.54, 1.807) is 18.2 Å². The van der Waals surface area contributed by atoms with Gasteiger partial charge in [0, 0.05) is 16.9 Å². The molecule has 0 spiro atoms. The second kappa shape index (κ2) is 7.47. The fraction of sp³-hybridized carbons (Fsp3) is 0.333. The molecule has 1 aromatic heterocycles. The van der Waals surface area contributed by atoms with Gasteiger partial charge in [0.05, 0.1) is 12.2 Å². The number of nitrogens with one attached hydrogen (secondary N) is 1. The van der Waals surface area contributed by atoms with Crippen LogP contribution < -0.4 is 5.32 Å². The van der Waals surface area contributed by atoms with Gasteiger partial charge in [-0.2, -0.15) is 0 Å². The summed E-state index contributed by atoms with van der Waals surface area (Å²) in [6.45, 7) is 2.36. The fourth-order valence-electron chi connectivity index (χ4n) is 2.82. The van der Waals surface area contributed by atoms with Crippen LogP contribution in [0, 0.1) is 18.3 Å². The molecule has 1 aliphatic heterocycles. The van der Waals surface area contributed by atoms with Gasteiger partial charge in [0.15, 0.2) is 5.13 Å². The molecule has 3 rings (SSSR count). The van der Waals surface area contributed by atoms with Crippen LogP contribution in [0.4, 0.5) is 5.13 Å². The molecule has 124 valence electrons. The van der Waals surface area contributed by atoms with Crippen LogP contribution in [-0.4, -0.2) is 40.5 Å². The number of hydrogen-bond donors (Lipinski definition) is 2. The van der Waals surface area contributed by atoms with E-state index in [2.05, 4.69) is 21.1 Å². The topological polar surface area (TPSA) is 65.5 Å². The zero-order valence-corrected chi connectivity index (χ0v) is 14.1. The van der Waals surface area contributed by atoms with Gasteiger partial charge < -0.3 is 10.4 Å². The molecule has 0 radical (unpaired) electrons. The largest absolute Gasteiger partial charge is 0.508 e. The van der Waals surface area contributed by atoms with E-state index in [0.717, 1.165) is 37.2 Å². The van der Waals surface area contributed by atoms with Crippen molar-refractivity contribution in [1.82, 2.24) is 9.88 Å². The van der Waals surface area contributed by atoms with Crippen LogP contribution >= 0.6 is 11.3 Å². The van der Waals surface area contributed by atoms with E-state index >= 15 is 0 Å². The smallest absolute Gasteiger partial charge is 0.229 e. The normalized spacial score (nSPS) is 15.8. The third kappa shape index (κ3) is 3.94. The van der Waals surface area contributed by atoms with Crippen LogP contribution in [0.2, 0.25) is 0 Å². The highest BCUT2D eigenvalue weighted by Gasteiger charge is 2.25. The van der Waals surface area contributed by atoms with E-state index in [1.807, 2.05) is 11.4 Å². The quantitative estimate of drug-likeness (QED) is 0.840. The van der Waals surface area contributed by atoms with E-state index in [0.29, 0.717) is 11.7 Å². The summed E-state index contributed by atoms with van der Waals surface area (Å²) in [6, 6.07) is 6.92. The highest BCUT2D eigenvalue weighted by atomic mass is 32.1. The van der Waals surface area contributed by atoms with Crippen LogP contribution in [0.5, 0.6) is 5.75 Å². The lowest BCUT2D eigenvalue weighted by Gasteiger charge is -2.29. The van der Waals surface area contributed by atoms with Gasteiger partial charge in [0.2, 0.25) is 5.91 Å². The molecule has 1 saturated heterocycles. The van der Waals surface area contributed by atoms with Crippen LogP contribution in [0.1, 0.15) is 12.8 Å². The first-order valence-electron chi connectivity index (χ1n) is 7.87. The Morgan fingerprint density at radius 3 is 2.96 bits per heavy atom. The Balaban J connectivity index is 1.59. The van der Waals surface area contributed by atoms with Crippen LogP contribution in [0.25, 0.3) is 11.3 Å². The number of phenolic OH excluding ortho intramolecular Hbond substituents is 1. The number of thiazole rings is 1. The summed E-state index contributed by atoms with van der Waals surface area (Å²) >= 11 is 1.39. The number of carbonyl (C=O) groups excluding carboxylic acids is 1. The second-order valence-electron chi connectivity index (χ2n) is 5.83. The maximum atomic E-state index is 12.4. The average molecular weight is 341 g/mol. The SMILES string of the molecule is C#CCN1CCC(C(=O)Nc2nc(-c3cccc(O)c3)cs2)CC1. The summed E-state index contributed by atoms with van der Waals surface area (Å²) in [5.74, 6) is 2.87. The molecule has 2 heterocycles. The predicted octanol–water partition coefficient (Wildman–Crippen LogP) is 2.80. The molecule has 1 aromatic carbocycles. The van der Waals surface area contributed by atoms with Gasteiger partial charge in [-0.3, -0.25) is 9.69 Å². The standard InChI is InChI=1S/C18H19N3O2S/c1-2-8-21-9-6-13(7-10-21)17(23)20-18-19-16(12-24-18)14-4-3-5-15(22)11-14/h1,3-5,11-13,22H,6-10H2,(H,19,20,23). The lowest BCUT2D eigenvalue weighted by Crippen LogP contribution is -2.38. The third-order valence-corrected chi connectivity index (χ3v) is 4.91. The summed E-state index contributed by atoms with van der Waals surface area (Å²) in [5.41, 5.74) is 1.57. The van der Waals surface area contributed by atoms with Crippen molar-refractivity contribution in [1.29, 1.82) is 0 Å². The molecule has 2 aromatic rings. The molecule has 0 saturated carbocycles. The number of rotatable bonds is 4. The van der Waals surface area contributed by atoms with Gasteiger partial charge in [-0.25, -0.2) is 4.98 Å². The maximum absolute atomic E-state index is 12.4. The van der Waals surface area contributed by atoms with Crippen molar-refractivity contribution >= 4 is 22.4 Å². The average Bonchev–Trinajstić information content (AvgIpc) is 3.04. The Morgan fingerprint density at radius 2 is 2.25 bits per heavy atom. The highest BCUT2D eigenvalue weighted by Crippen LogP contribution is 2.28. The molecule has 24 heavy (non-hydrogen) atoms. The number of benzene rings is 1. The number of aromatic nitrogens is 1. The number of likely N-dealkylation sites (tertiary alicyclic amines) is 1. The molecule has 5 nitrogen and oxygen atoms in total. The molecule has 0 aliphatic carbocycles. The van der Waals surface area contributed by atoms with E-state index in [9.17, 15) is 9.90 Å².